The van der Waals surface area contributed by atoms with E-state index in [4.69, 9.17) is 5.73 Å². The van der Waals surface area contributed by atoms with E-state index in [-0.39, 0.29) is 43.1 Å². The number of benzene rings is 1. The number of unbranched alkanes of at least 4 members (excludes halogenated alkanes) is 3. The van der Waals surface area contributed by atoms with Crippen LogP contribution in [0.1, 0.15) is 70.6 Å². The SMILES string of the molecule is Cc1ncsc1-c1ccc(CNC(=O)C2CC(O)CN2C(=O)C(NC(=O)CCCCCCN)C(C)(C)C)cc1.Cl. The highest BCUT2D eigenvalue weighted by molar-refractivity contribution is 7.13. The van der Waals surface area contributed by atoms with Crippen LogP contribution in [0.5, 0.6) is 0 Å². The molecule has 11 heteroatoms. The molecule has 5 N–H and O–H groups in total. The largest absolute Gasteiger partial charge is 0.391 e. The van der Waals surface area contributed by atoms with Crippen LogP contribution in [-0.2, 0) is 20.9 Å². The molecule has 1 aromatic carbocycles. The molecular formula is C29H44ClN5O4S. The van der Waals surface area contributed by atoms with Crippen molar-refractivity contribution in [2.45, 2.75) is 91.0 Å². The molecule has 3 unspecified atom stereocenters. The zero-order valence-electron chi connectivity index (χ0n) is 23.9. The van der Waals surface area contributed by atoms with Crippen LogP contribution in [0.2, 0.25) is 0 Å². The number of nitrogens with one attached hydrogen (secondary N) is 2. The number of carbonyl (C=O) groups excluding carboxylic acids is 3. The van der Waals surface area contributed by atoms with Gasteiger partial charge in [0.15, 0.2) is 0 Å². The lowest BCUT2D eigenvalue weighted by Crippen LogP contribution is -2.57. The smallest absolute Gasteiger partial charge is 0.246 e. The van der Waals surface area contributed by atoms with Gasteiger partial charge in [0.05, 0.1) is 22.2 Å². The Balaban J connectivity index is 0.00000560. The molecule has 2 aromatic rings. The summed E-state index contributed by atoms with van der Waals surface area (Å²) < 4.78 is 0. The summed E-state index contributed by atoms with van der Waals surface area (Å²) in [4.78, 5) is 46.3. The fourth-order valence-corrected chi connectivity index (χ4v) is 5.61. The van der Waals surface area contributed by atoms with E-state index >= 15 is 0 Å². The summed E-state index contributed by atoms with van der Waals surface area (Å²) in [7, 11) is 0. The van der Waals surface area contributed by atoms with Gasteiger partial charge in [0, 0.05) is 25.9 Å². The minimum Gasteiger partial charge on any atom is -0.391 e. The van der Waals surface area contributed by atoms with E-state index in [1.807, 2.05) is 57.5 Å². The lowest BCUT2D eigenvalue weighted by molar-refractivity contribution is -0.144. The molecule has 0 bridgehead atoms. The van der Waals surface area contributed by atoms with Crippen molar-refractivity contribution in [1.29, 1.82) is 0 Å². The van der Waals surface area contributed by atoms with Crippen LogP contribution in [0.3, 0.4) is 0 Å². The second kappa shape index (κ2) is 15.5. The van der Waals surface area contributed by atoms with E-state index in [1.54, 1.807) is 11.3 Å². The Kier molecular flexibility index (Phi) is 13.0. The number of thiazole rings is 1. The highest BCUT2D eigenvalue weighted by atomic mass is 35.5. The first-order chi connectivity index (χ1) is 18.5. The minimum absolute atomic E-state index is 0. The number of aliphatic hydroxyl groups is 1. The molecule has 1 fully saturated rings. The monoisotopic (exact) mass is 593 g/mol. The molecule has 1 aromatic heterocycles. The van der Waals surface area contributed by atoms with Gasteiger partial charge in [-0.25, -0.2) is 4.98 Å². The number of aryl methyl sites for hydroxylation is 1. The first kappa shape index (κ1) is 33.7. The summed E-state index contributed by atoms with van der Waals surface area (Å²) in [6.45, 7) is 8.63. The molecule has 0 radical (unpaired) electrons. The Hall–Kier alpha value is -2.53. The van der Waals surface area contributed by atoms with Gasteiger partial charge in [-0.15, -0.1) is 23.7 Å². The average molecular weight is 594 g/mol. The van der Waals surface area contributed by atoms with Crippen LogP contribution in [0, 0.1) is 12.3 Å². The Labute approximate surface area is 247 Å². The number of carbonyl (C=O) groups is 3. The zero-order valence-corrected chi connectivity index (χ0v) is 25.6. The normalized spacial score (nSPS) is 17.7. The van der Waals surface area contributed by atoms with Crippen molar-refractivity contribution in [3.8, 4) is 10.4 Å². The van der Waals surface area contributed by atoms with Crippen LogP contribution in [0.4, 0.5) is 0 Å². The number of hydrogen-bond acceptors (Lipinski definition) is 7. The van der Waals surface area contributed by atoms with Gasteiger partial charge in [-0.2, -0.15) is 0 Å². The highest BCUT2D eigenvalue weighted by Gasteiger charge is 2.44. The number of aliphatic hydroxyl groups excluding tert-OH is 1. The van der Waals surface area contributed by atoms with E-state index in [2.05, 4.69) is 15.6 Å². The number of likely N-dealkylation sites (tertiary alicyclic amines) is 1. The fourth-order valence-electron chi connectivity index (χ4n) is 4.80. The number of rotatable bonds is 12. The number of nitrogens with two attached hydrogens (primary N) is 1. The molecule has 9 nitrogen and oxygen atoms in total. The maximum atomic E-state index is 13.7. The molecule has 1 saturated heterocycles. The molecule has 1 aliphatic heterocycles. The minimum atomic E-state index is -0.808. The van der Waals surface area contributed by atoms with Gasteiger partial charge in [-0.05, 0) is 42.9 Å². The summed E-state index contributed by atoms with van der Waals surface area (Å²) >= 11 is 1.59. The second-order valence-corrected chi connectivity index (χ2v) is 12.3. The van der Waals surface area contributed by atoms with Gasteiger partial charge < -0.3 is 26.4 Å². The highest BCUT2D eigenvalue weighted by Crippen LogP contribution is 2.28. The van der Waals surface area contributed by atoms with Crippen molar-refractivity contribution in [1.82, 2.24) is 20.5 Å². The third kappa shape index (κ3) is 9.26. The Morgan fingerprint density at radius 1 is 1.15 bits per heavy atom. The van der Waals surface area contributed by atoms with Gasteiger partial charge in [-0.3, -0.25) is 14.4 Å². The third-order valence-electron chi connectivity index (χ3n) is 7.07. The molecule has 2 heterocycles. The topological polar surface area (TPSA) is 138 Å². The molecule has 40 heavy (non-hydrogen) atoms. The summed E-state index contributed by atoms with van der Waals surface area (Å²) in [6, 6.07) is 6.32. The van der Waals surface area contributed by atoms with Crippen molar-refractivity contribution in [3.05, 3.63) is 41.0 Å². The van der Waals surface area contributed by atoms with Gasteiger partial charge in [-0.1, -0.05) is 57.9 Å². The van der Waals surface area contributed by atoms with E-state index in [9.17, 15) is 19.5 Å². The van der Waals surface area contributed by atoms with Crippen molar-refractivity contribution in [2.75, 3.05) is 13.1 Å². The summed E-state index contributed by atoms with van der Waals surface area (Å²) in [5, 5.41) is 16.2. The van der Waals surface area contributed by atoms with Crippen LogP contribution < -0.4 is 16.4 Å². The van der Waals surface area contributed by atoms with Crippen molar-refractivity contribution in [3.63, 3.8) is 0 Å². The van der Waals surface area contributed by atoms with Crippen molar-refractivity contribution in [2.24, 2.45) is 11.1 Å². The van der Waals surface area contributed by atoms with Gasteiger partial charge in [0.25, 0.3) is 0 Å². The standard InChI is InChI=1S/C29H43N5O4S.ClH/c1-19-25(39-18-32-19)21-12-10-20(11-13-21)16-31-27(37)23-15-22(35)17-34(23)28(38)26(29(2,3)4)33-24(36)9-7-5-6-8-14-30;/h10-13,18,22-23,26,35H,5-9,14-17,30H2,1-4H3,(H,31,37)(H,33,36);1H. The average Bonchev–Trinajstić information content (AvgIpc) is 3.50. The number of halogens is 1. The molecule has 1 aliphatic rings. The van der Waals surface area contributed by atoms with Crippen molar-refractivity contribution < 1.29 is 19.5 Å². The zero-order chi connectivity index (χ0) is 28.6. The van der Waals surface area contributed by atoms with Crippen LogP contribution >= 0.6 is 23.7 Å². The van der Waals surface area contributed by atoms with Crippen LogP contribution in [-0.4, -0.2) is 64.0 Å². The van der Waals surface area contributed by atoms with E-state index in [1.165, 1.54) is 4.90 Å². The maximum Gasteiger partial charge on any atom is 0.246 e. The Bertz CT molecular complexity index is 1120. The molecule has 0 aliphatic carbocycles. The lowest BCUT2D eigenvalue weighted by atomic mass is 9.85. The van der Waals surface area contributed by atoms with E-state index < -0.39 is 23.6 Å². The lowest BCUT2D eigenvalue weighted by Gasteiger charge is -2.35. The summed E-state index contributed by atoms with van der Waals surface area (Å²) in [6.07, 6.45) is 3.24. The Morgan fingerprint density at radius 2 is 1.82 bits per heavy atom. The van der Waals surface area contributed by atoms with Crippen LogP contribution in [0.15, 0.2) is 29.8 Å². The first-order valence-electron chi connectivity index (χ1n) is 13.8. The van der Waals surface area contributed by atoms with E-state index in [0.717, 1.165) is 47.4 Å². The molecule has 0 saturated carbocycles. The number of amides is 3. The molecule has 3 rings (SSSR count). The number of aromatic nitrogens is 1. The van der Waals surface area contributed by atoms with Crippen LogP contribution in [0.25, 0.3) is 10.4 Å². The number of nitrogens with zero attached hydrogens (tertiary/aromatic N) is 2. The third-order valence-corrected chi connectivity index (χ3v) is 8.05. The quantitative estimate of drug-likeness (QED) is 0.278. The van der Waals surface area contributed by atoms with Crippen molar-refractivity contribution >= 4 is 41.5 Å². The molecule has 3 atom stereocenters. The van der Waals surface area contributed by atoms with E-state index in [0.29, 0.717) is 19.5 Å². The second-order valence-electron chi connectivity index (χ2n) is 11.4. The van der Waals surface area contributed by atoms with Gasteiger partial charge in [0.1, 0.15) is 12.1 Å². The number of β-amino-alcohol motifs (C(OH)–C–C–N with tert-alkyl or cyclic N) is 1. The predicted molar refractivity (Wildman–Crippen MR) is 161 cm³/mol. The fraction of sp³-hybridized carbons (Fsp3) is 0.586. The summed E-state index contributed by atoms with van der Waals surface area (Å²) in [5.41, 5.74) is 9.76. The molecular weight excluding hydrogens is 550 g/mol. The predicted octanol–water partition coefficient (Wildman–Crippen LogP) is 3.56. The Morgan fingerprint density at radius 3 is 2.42 bits per heavy atom. The van der Waals surface area contributed by atoms with Gasteiger partial charge in [0.2, 0.25) is 17.7 Å². The number of hydrogen-bond donors (Lipinski definition) is 4. The van der Waals surface area contributed by atoms with Gasteiger partial charge >= 0.3 is 0 Å². The molecule has 3 amide bonds. The summed E-state index contributed by atoms with van der Waals surface area (Å²) in [5.74, 6) is -0.852. The molecule has 222 valence electrons. The molecule has 0 spiro atoms. The maximum absolute atomic E-state index is 13.7. The first-order valence-corrected chi connectivity index (χ1v) is 14.6.